The lowest BCUT2D eigenvalue weighted by Crippen LogP contribution is -2.38. The molecule has 2 unspecified atom stereocenters. The van der Waals surface area contributed by atoms with Gasteiger partial charge in [0.05, 0.1) is 6.20 Å². The smallest absolute Gasteiger partial charge is 0.0522 e. The summed E-state index contributed by atoms with van der Waals surface area (Å²) in [7, 11) is 0. The summed E-state index contributed by atoms with van der Waals surface area (Å²) in [5.74, 6) is 0.660. The lowest BCUT2D eigenvalue weighted by Gasteiger charge is -2.31. The van der Waals surface area contributed by atoms with Crippen molar-refractivity contribution in [3.05, 3.63) is 18.0 Å². The molecule has 3 heteroatoms. The molecule has 96 valence electrons. The molecule has 1 aliphatic rings. The van der Waals surface area contributed by atoms with Crippen molar-refractivity contribution in [1.82, 2.24) is 9.78 Å². The summed E-state index contributed by atoms with van der Waals surface area (Å²) in [5, 5.41) is 4.31. The van der Waals surface area contributed by atoms with Crippen molar-refractivity contribution in [1.29, 1.82) is 0 Å². The maximum Gasteiger partial charge on any atom is 0.0522 e. The summed E-state index contributed by atoms with van der Waals surface area (Å²) in [6, 6.07) is 0.280. The van der Waals surface area contributed by atoms with Crippen molar-refractivity contribution in [3.63, 3.8) is 0 Å². The number of rotatable bonds is 4. The molecule has 0 amide bonds. The molecule has 0 radical (unpaired) electrons. The van der Waals surface area contributed by atoms with Crippen molar-refractivity contribution >= 4 is 0 Å². The Kier molecular flexibility index (Phi) is 3.57. The van der Waals surface area contributed by atoms with Gasteiger partial charge in [0, 0.05) is 18.8 Å². The van der Waals surface area contributed by atoms with Crippen LogP contribution in [0.25, 0.3) is 0 Å². The fourth-order valence-electron chi connectivity index (χ4n) is 3.25. The number of aromatic nitrogens is 2. The molecule has 17 heavy (non-hydrogen) atoms. The Bertz CT molecular complexity index is 367. The molecule has 2 atom stereocenters. The van der Waals surface area contributed by atoms with Crippen LogP contribution in [0.5, 0.6) is 0 Å². The van der Waals surface area contributed by atoms with Crippen molar-refractivity contribution in [2.75, 3.05) is 0 Å². The SMILES string of the molecule is CCn1cc(CC(N)C2CCCC2(C)C)cn1. The van der Waals surface area contributed by atoms with Crippen molar-refractivity contribution in [2.45, 2.75) is 59.0 Å². The molecule has 0 bridgehead atoms. The van der Waals surface area contributed by atoms with Gasteiger partial charge in [-0.2, -0.15) is 5.10 Å². The normalized spacial score (nSPS) is 25.1. The standard InChI is InChI=1S/C14H25N3/c1-4-17-10-11(9-16-17)8-13(15)12-6-5-7-14(12,2)3/h9-10,12-13H,4-8,15H2,1-3H3. The van der Waals surface area contributed by atoms with Crippen molar-refractivity contribution in [2.24, 2.45) is 17.1 Å². The first-order chi connectivity index (χ1) is 8.03. The third-order valence-electron chi connectivity index (χ3n) is 4.34. The molecule has 1 aliphatic carbocycles. The van der Waals surface area contributed by atoms with Crippen molar-refractivity contribution < 1.29 is 0 Å². The molecule has 1 fully saturated rings. The van der Waals surface area contributed by atoms with E-state index in [4.69, 9.17) is 5.73 Å². The van der Waals surface area contributed by atoms with E-state index >= 15 is 0 Å². The van der Waals surface area contributed by atoms with Gasteiger partial charge in [0.15, 0.2) is 0 Å². The number of nitrogens with two attached hydrogens (primary N) is 1. The number of hydrogen-bond acceptors (Lipinski definition) is 2. The highest BCUT2D eigenvalue weighted by atomic mass is 15.3. The molecule has 0 spiro atoms. The van der Waals surface area contributed by atoms with Gasteiger partial charge in [-0.25, -0.2) is 0 Å². The summed E-state index contributed by atoms with van der Waals surface area (Å²) in [6.45, 7) is 7.76. The molecule has 1 saturated carbocycles. The molecule has 0 saturated heterocycles. The molecule has 2 N–H and O–H groups in total. The molecule has 0 aromatic carbocycles. The molecule has 1 aromatic rings. The van der Waals surface area contributed by atoms with Crippen LogP contribution in [0, 0.1) is 11.3 Å². The van der Waals surface area contributed by atoms with Crippen LogP contribution in [0.15, 0.2) is 12.4 Å². The predicted molar refractivity (Wildman–Crippen MR) is 70.7 cm³/mol. The maximum atomic E-state index is 6.40. The van der Waals surface area contributed by atoms with Gasteiger partial charge in [-0.15, -0.1) is 0 Å². The van der Waals surface area contributed by atoms with Crippen LogP contribution in [0.3, 0.4) is 0 Å². The predicted octanol–water partition coefficient (Wildman–Crippen LogP) is 2.60. The Morgan fingerprint density at radius 2 is 2.35 bits per heavy atom. The highest BCUT2D eigenvalue weighted by Crippen LogP contribution is 2.44. The lowest BCUT2D eigenvalue weighted by molar-refractivity contribution is 0.220. The third-order valence-corrected chi connectivity index (χ3v) is 4.34. The van der Waals surface area contributed by atoms with Gasteiger partial charge in [-0.1, -0.05) is 20.3 Å². The summed E-state index contributed by atoms with van der Waals surface area (Å²) in [5.41, 5.74) is 8.10. The van der Waals surface area contributed by atoms with Gasteiger partial charge in [0.1, 0.15) is 0 Å². The summed E-state index contributed by atoms with van der Waals surface area (Å²) in [4.78, 5) is 0. The minimum Gasteiger partial charge on any atom is -0.327 e. The van der Waals surface area contributed by atoms with Crippen LogP contribution in [0.1, 0.15) is 45.6 Å². The van der Waals surface area contributed by atoms with Crippen LogP contribution >= 0.6 is 0 Å². The van der Waals surface area contributed by atoms with E-state index in [-0.39, 0.29) is 6.04 Å². The fraction of sp³-hybridized carbons (Fsp3) is 0.786. The Hall–Kier alpha value is -0.830. The second kappa shape index (κ2) is 4.81. The molecular formula is C14H25N3. The first kappa shape index (κ1) is 12.6. The number of hydrogen-bond donors (Lipinski definition) is 1. The summed E-state index contributed by atoms with van der Waals surface area (Å²) in [6.07, 6.45) is 9.00. The lowest BCUT2D eigenvalue weighted by atomic mass is 9.76. The first-order valence-electron chi connectivity index (χ1n) is 6.80. The van der Waals surface area contributed by atoms with Crippen LogP contribution in [0.4, 0.5) is 0 Å². The van der Waals surface area contributed by atoms with Gasteiger partial charge in [-0.3, -0.25) is 4.68 Å². The zero-order valence-corrected chi connectivity index (χ0v) is 11.3. The quantitative estimate of drug-likeness (QED) is 0.871. The Labute approximate surface area is 104 Å². The second-order valence-electron chi connectivity index (χ2n) is 6.06. The van der Waals surface area contributed by atoms with Crippen LogP contribution in [-0.4, -0.2) is 15.8 Å². The van der Waals surface area contributed by atoms with E-state index in [2.05, 4.69) is 32.1 Å². The summed E-state index contributed by atoms with van der Waals surface area (Å²) < 4.78 is 1.97. The molecule has 2 rings (SSSR count). The zero-order valence-electron chi connectivity index (χ0n) is 11.3. The largest absolute Gasteiger partial charge is 0.327 e. The van der Waals surface area contributed by atoms with Crippen LogP contribution in [-0.2, 0) is 13.0 Å². The minimum atomic E-state index is 0.280. The van der Waals surface area contributed by atoms with E-state index in [9.17, 15) is 0 Å². The monoisotopic (exact) mass is 235 g/mol. The second-order valence-corrected chi connectivity index (χ2v) is 6.06. The van der Waals surface area contributed by atoms with Crippen LogP contribution in [0.2, 0.25) is 0 Å². The topological polar surface area (TPSA) is 43.8 Å². The highest BCUT2D eigenvalue weighted by molar-refractivity contribution is 5.08. The van der Waals surface area contributed by atoms with E-state index in [0.717, 1.165) is 13.0 Å². The van der Waals surface area contributed by atoms with Crippen molar-refractivity contribution in [3.8, 4) is 0 Å². The Balaban J connectivity index is 1.99. The number of aryl methyl sites for hydroxylation is 1. The molecule has 0 aliphatic heterocycles. The molecule has 1 aromatic heterocycles. The van der Waals surface area contributed by atoms with E-state index in [1.165, 1.54) is 24.8 Å². The molecule has 1 heterocycles. The average Bonchev–Trinajstić information content (AvgIpc) is 2.84. The van der Waals surface area contributed by atoms with E-state index in [0.29, 0.717) is 11.3 Å². The molecular weight excluding hydrogens is 210 g/mol. The summed E-state index contributed by atoms with van der Waals surface area (Å²) >= 11 is 0. The number of nitrogens with zero attached hydrogens (tertiary/aromatic N) is 2. The minimum absolute atomic E-state index is 0.280. The first-order valence-corrected chi connectivity index (χ1v) is 6.80. The van der Waals surface area contributed by atoms with E-state index in [1.54, 1.807) is 0 Å². The van der Waals surface area contributed by atoms with E-state index in [1.807, 2.05) is 10.9 Å². The van der Waals surface area contributed by atoms with Gasteiger partial charge in [0.25, 0.3) is 0 Å². The maximum absolute atomic E-state index is 6.40. The van der Waals surface area contributed by atoms with Gasteiger partial charge in [-0.05, 0) is 43.1 Å². The van der Waals surface area contributed by atoms with Crippen LogP contribution < -0.4 is 5.73 Å². The Morgan fingerprint density at radius 1 is 1.59 bits per heavy atom. The fourth-order valence-corrected chi connectivity index (χ4v) is 3.25. The average molecular weight is 235 g/mol. The van der Waals surface area contributed by atoms with Gasteiger partial charge < -0.3 is 5.73 Å². The zero-order chi connectivity index (χ0) is 12.5. The molecule has 3 nitrogen and oxygen atoms in total. The highest BCUT2D eigenvalue weighted by Gasteiger charge is 2.37. The van der Waals surface area contributed by atoms with Gasteiger partial charge >= 0.3 is 0 Å². The van der Waals surface area contributed by atoms with Gasteiger partial charge in [0.2, 0.25) is 0 Å². The Morgan fingerprint density at radius 3 is 2.88 bits per heavy atom. The third kappa shape index (κ3) is 2.71. The van der Waals surface area contributed by atoms with E-state index < -0.39 is 0 Å².